The van der Waals surface area contributed by atoms with E-state index in [4.69, 9.17) is 20.9 Å². The molecule has 0 fully saturated rings. The first-order valence-corrected chi connectivity index (χ1v) is 10.5. The van der Waals surface area contributed by atoms with Gasteiger partial charge in [0, 0.05) is 7.11 Å². The summed E-state index contributed by atoms with van der Waals surface area (Å²) in [5.74, 6) is 0. The molecule has 0 radical (unpaired) electrons. The molecule has 0 saturated heterocycles. The van der Waals surface area contributed by atoms with Crippen molar-refractivity contribution in [3.05, 3.63) is 35.9 Å². The first-order valence-electron chi connectivity index (χ1n) is 7.12. The van der Waals surface area contributed by atoms with Crippen LogP contribution in [0, 0.1) is 0 Å². The maximum atomic E-state index is 6.39. The minimum Gasteiger partial charge on any atom is -0.455 e. The van der Waals surface area contributed by atoms with Crippen molar-refractivity contribution in [3.8, 4) is 0 Å². The Balaban J connectivity index is 2.71. The highest BCUT2D eigenvalue weighted by atomic mass is 35.5. The van der Waals surface area contributed by atoms with Gasteiger partial charge in [-0.1, -0.05) is 51.1 Å². The summed E-state index contributed by atoms with van der Waals surface area (Å²) in [5, 5.41) is 3.87. The van der Waals surface area contributed by atoms with E-state index in [1.165, 1.54) is 0 Å². The van der Waals surface area contributed by atoms with Crippen LogP contribution in [0.3, 0.4) is 0 Å². The van der Waals surface area contributed by atoms with Crippen molar-refractivity contribution >= 4 is 26.1 Å². The van der Waals surface area contributed by atoms with Crippen molar-refractivity contribution in [2.24, 2.45) is 5.16 Å². The number of hydrogen-bond donors (Lipinski definition) is 0. The van der Waals surface area contributed by atoms with Crippen LogP contribution in [0.2, 0.25) is 18.1 Å². The fourth-order valence-electron chi connectivity index (χ4n) is 1.53. The molecule has 0 saturated carbocycles. The summed E-state index contributed by atoms with van der Waals surface area (Å²) >= 11 is 6.39. The summed E-state index contributed by atoms with van der Waals surface area (Å²) in [6.45, 7) is 10.8. The van der Waals surface area contributed by atoms with Gasteiger partial charge in [-0.05, 0) is 23.7 Å². The molecule has 0 heterocycles. The second kappa shape index (κ2) is 7.43. The fourth-order valence-corrected chi connectivity index (χ4v) is 2.42. The van der Waals surface area contributed by atoms with Crippen LogP contribution in [-0.4, -0.2) is 27.0 Å². The summed E-state index contributed by atoms with van der Waals surface area (Å²) in [5.41, 5.74) is 1.03. The van der Waals surface area contributed by atoms with Crippen LogP contribution in [0.25, 0.3) is 0 Å². The van der Waals surface area contributed by atoms with Crippen molar-refractivity contribution in [1.82, 2.24) is 0 Å². The second-order valence-corrected chi connectivity index (χ2v) is 11.8. The molecule has 2 atom stereocenters. The number of hydrogen-bond acceptors (Lipinski definition) is 3. The van der Waals surface area contributed by atoms with E-state index >= 15 is 0 Å². The van der Waals surface area contributed by atoms with Crippen molar-refractivity contribution in [1.29, 1.82) is 0 Å². The smallest absolute Gasteiger partial charge is 0.286 e. The highest BCUT2D eigenvalue weighted by Gasteiger charge is 2.39. The van der Waals surface area contributed by atoms with Gasteiger partial charge in [-0.3, -0.25) is 0 Å². The molecule has 1 aromatic rings. The van der Waals surface area contributed by atoms with Crippen LogP contribution in [0.1, 0.15) is 32.4 Å². The number of oxime groups is 1. The summed E-state index contributed by atoms with van der Waals surface area (Å²) < 4.78 is 11.2. The van der Waals surface area contributed by atoms with Crippen LogP contribution >= 0.6 is 11.6 Å². The molecule has 0 aliphatic carbocycles. The molecule has 5 heteroatoms. The van der Waals surface area contributed by atoms with Crippen LogP contribution < -0.4 is 0 Å². The van der Waals surface area contributed by atoms with Crippen LogP contribution in [0.15, 0.2) is 35.5 Å². The van der Waals surface area contributed by atoms with Gasteiger partial charge in [0.25, 0.3) is 8.32 Å². The van der Waals surface area contributed by atoms with Crippen molar-refractivity contribution < 1.29 is 9.26 Å². The lowest BCUT2D eigenvalue weighted by Crippen LogP contribution is -2.39. The molecule has 0 N–H and O–H groups in total. The molecule has 0 bridgehead atoms. The van der Waals surface area contributed by atoms with E-state index in [0.717, 1.165) is 5.56 Å². The quantitative estimate of drug-likeness (QED) is 0.319. The Morgan fingerprint density at radius 3 is 2.24 bits per heavy atom. The van der Waals surface area contributed by atoms with Gasteiger partial charge in [-0.25, -0.2) is 0 Å². The Labute approximate surface area is 134 Å². The molecule has 1 unspecified atom stereocenters. The van der Waals surface area contributed by atoms with Gasteiger partial charge in [0.05, 0.1) is 6.21 Å². The van der Waals surface area contributed by atoms with Gasteiger partial charge in [0.1, 0.15) is 11.5 Å². The molecule has 21 heavy (non-hydrogen) atoms. The third-order valence-corrected chi connectivity index (χ3v) is 8.48. The van der Waals surface area contributed by atoms with E-state index in [1.807, 2.05) is 30.3 Å². The zero-order chi connectivity index (χ0) is 16.1. The molecule has 3 nitrogen and oxygen atoms in total. The van der Waals surface area contributed by atoms with E-state index in [-0.39, 0.29) is 16.5 Å². The minimum atomic E-state index is -1.89. The average Bonchev–Trinajstić information content (AvgIpc) is 2.39. The molecule has 1 aromatic carbocycles. The summed E-state index contributed by atoms with van der Waals surface area (Å²) in [4.78, 5) is 0. The van der Waals surface area contributed by atoms with Crippen molar-refractivity contribution in [2.75, 3.05) is 7.11 Å². The molecule has 0 spiro atoms. The Bertz CT molecular complexity index is 457. The number of rotatable bonds is 6. The van der Waals surface area contributed by atoms with Gasteiger partial charge in [-0.2, -0.15) is 0 Å². The standard InChI is InChI=1S/C16H26ClNO2Si/c1-16(2,3)21(5,6)20-18-12-14(17)15(19-4)13-10-8-7-9-11-13/h7-12,14-15H,1-6H3/b18-12+/t14?,15-/m0/s1. The SMILES string of the molecule is CO[C@@H](c1ccccc1)C(Cl)/C=N/O[Si](C)(C)C(C)(C)C. The monoisotopic (exact) mass is 327 g/mol. The fraction of sp³-hybridized carbons (Fsp3) is 0.562. The third-order valence-electron chi connectivity index (χ3n) is 3.96. The van der Waals surface area contributed by atoms with E-state index in [1.54, 1.807) is 13.3 Å². The van der Waals surface area contributed by atoms with E-state index in [9.17, 15) is 0 Å². The molecular formula is C16H26ClNO2Si. The molecule has 0 aromatic heterocycles. The highest BCUT2D eigenvalue weighted by molar-refractivity contribution is 6.74. The lowest BCUT2D eigenvalue weighted by atomic mass is 10.1. The normalized spacial score (nSPS) is 16.0. The highest BCUT2D eigenvalue weighted by Crippen LogP contribution is 2.36. The Hall–Kier alpha value is -0.843. The van der Waals surface area contributed by atoms with Crippen LogP contribution in [0.5, 0.6) is 0 Å². The van der Waals surface area contributed by atoms with Crippen molar-refractivity contribution in [2.45, 2.75) is 50.4 Å². The number of ether oxygens (including phenoxy) is 1. The Kier molecular flexibility index (Phi) is 6.44. The van der Waals surface area contributed by atoms with E-state index in [0.29, 0.717) is 0 Å². The van der Waals surface area contributed by atoms with Gasteiger partial charge in [-0.15, -0.1) is 16.8 Å². The number of halogens is 1. The zero-order valence-electron chi connectivity index (χ0n) is 13.8. The van der Waals surface area contributed by atoms with Crippen LogP contribution in [-0.2, 0) is 9.26 Å². The Morgan fingerprint density at radius 2 is 1.76 bits per heavy atom. The van der Waals surface area contributed by atoms with Gasteiger partial charge in [0.2, 0.25) is 0 Å². The lowest BCUT2D eigenvalue weighted by molar-refractivity contribution is 0.112. The molecular weight excluding hydrogens is 302 g/mol. The van der Waals surface area contributed by atoms with Crippen molar-refractivity contribution in [3.63, 3.8) is 0 Å². The maximum Gasteiger partial charge on any atom is 0.286 e. The predicted octanol–water partition coefficient (Wildman–Crippen LogP) is 4.99. The molecule has 1 rings (SSSR count). The first kappa shape index (κ1) is 18.2. The first-order chi connectivity index (χ1) is 9.69. The molecule has 118 valence electrons. The van der Waals surface area contributed by atoms with Gasteiger partial charge in [0.15, 0.2) is 0 Å². The van der Waals surface area contributed by atoms with Gasteiger partial charge >= 0.3 is 0 Å². The second-order valence-electron chi connectivity index (χ2n) is 6.62. The topological polar surface area (TPSA) is 30.8 Å². The minimum absolute atomic E-state index is 0.117. The summed E-state index contributed by atoms with van der Waals surface area (Å²) in [6, 6.07) is 9.88. The molecule has 0 aliphatic rings. The molecule has 0 amide bonds. The number of methoxy groups -OCH3 is 1. The number of benzene rings is 1. The largest absolute Gasteiger partial charge is 0.455 e. The maximum absolute atomic E-state index is 6.39. The number of nitrogens with zero attached hydrogens (tertiary/aromatic N) is 1. The zero-order valence-corrected chi connectivity index (χ0v) is 15.5. The third kappa shape index (κ3) is 5.13. The summed E-state index contributed by atoms with van der Waals surface area (Å²) in [6.07, 6.45) is 1.39. The molecule has 0 aliphatic heterocycles. The van der Waals surface area contributed by atoms with Gasteiger partial charge < -0.3 is 9.26 Å². The summed E-state index contributed by atoms with van der Waals surface area (Å²) in [7, 11) is -0.245. The Morgan fingerprint density at radius 1 is 1.19 bits per heavy atom. The van der Waals surface area contributed by atoms with E-state index in [2.05, 4.69) is 39.0 Å². The average molecular weight is 328 g/mol. The predicted molar refractivity (Wildman–Crippen MR) is 92.6 cm³/mol. The van der Waals surface area contributed by atoms with E-state index < -0.39 is 8.32 Å². The van der Waals surface area contributed by atoms with Crippen LogP contribution in [0.4, 0.5) is 0 Å². The lowest BCUT2D eigenvalue weighted by Gasteiger charge is -2.33. The number of alkyl halides is 1.